The van der Waals surface area contributed by atoms with Crippen LogP contribution in [0.15, 0.2) is 24.3 Å². The Morgan fingerprint density at radius 2 is 1.86 bits per heavy atom. The van der Waals surface area contributed by atoms with E-state index in [1.54, 1.807) is 30.9 Å². The molecular weight excluding hydrogens is 545 g/mol. The van der Waals surface area contributed by atoms with Crippen molar-refractivity contribution in [1.29, 1.82) is 5.41 Å². The van der Waals surface area contributed by atoms with Crippen LogP contribution in [-0.2, 0) is 16.8 Å². The summed E-state index contributed by atoms with van der Waals surface area (Å²) in [5.41, 5.74) is 2.52. The molecular formula is C27H33BrFN3O5. The van der Waals surface area contributed by atoms with E-state index in [0.29, 0.717) is 17.7 Å². The van der Waals surface area contributed by atoms with Crippen molar-refractivity contribution in [3.63, 3.8) is 0 Å². The number of rotatable bonds is 9. The zero-order valence-electron chi connectivity index (χ0n) is 21.7. The molecule has 4 rings (SSSR count). The Morgan fingerprint density at radius 1 is 1.19 bits per heavy atom. The van der Waals surface area contributed by atoms with E-state index in [-0.39, 0.29) is 77.8 Å². The fourth-order valence-electron chi connectivity index (χ4n) is 5.35. The third-order valence-electron chi connectivity index (χ3n) is 7.17. The van der Waals surface area contributed by atoms with Crippen molar-refractivity contribution in [2.45, 2.75) is 52.1 Å². The number of carboxylic acid groups (broad SMARTS) is 1. The van der Waals surface area contributed by atoms with E-state index in [2.05, 4.69) is 0 Å². The number of aliphatic carboxylic acids is 1. The predicted molar refractivity (Wildman–Crippen MR) is 145 cm³/mol. The number of ether oxygens (including phenoxy) is 2. The molecule has 0 saturated carbocycles. The van der Waals surface area contributed by atoms with Crippen molar-refractivity contribution >= 4 is 40.3 Å². The molecule has 2 aromatic carbocycles. The van der Waals surface area contributed by atoms with E-state index < -0.39 is 17.2 Å². The summed E-state index contributed by atoms with van der Waals surface area (Å²) < 4.78 is 26.3. The van der Waals surface area contributed by atoms with Gasteiger partial charge in [0.25, 0.3) is 0 Å². The monoisotopic (exact) mass is 577 g/mol. The zero-order valence-corrected chi connectivity index (χ0v) is 23.4. The molecule has 0 saturated heterocycles. The van der Waals surface area contributed by atoms with Crippen molar-refractivity contribution in [1.82, 2.24) is 4.90 Å². The number of likely N-dealkylation sites (N-methyl/N-ethyl adjacent to an activating group) is 1. The van der Waals surface area contributed by atoms with Crippen LogP contribution in [0.5, 0.6) is 11.5 Å². The standard InChI is InChI=1S/C27H32FN3O5.BrH/c1-6-35-20-11-16-13-31(26(29)23(16)24(28)25(20)36-7-2)14-19(32)15-8-9-18-17(10-15)27(3,4)21(30(18)5)12-22(33)34;/h8-11,21,29H,6-7,12-14H2,1-5H3,(H,33,34);1H. The van der Waals surface area contributed by atoms with Gasteiger partial charge in [-0.2, -0.15) is 0 Å². The van der Waals surface area contributed by atoms with Gasteiger partial charge in [0.1, 0.15) is 5.84 Å². The van der Waals surface area contributed by atoms with Crippen molar-refractivity contribution in [3.8, 4) is 11.5 Å². The summed E-state index contributed by atoms with van der Waals surface area (Å²) in [5.74, 6) is -1.52. The summed E-state index contributed by atoms with van der Waals surface area (Å²) in [7, 11) is 1.87. The van der Waals surface area contributed by atoms with Crippen LogP contribution in [0.4, 0.5) is 10.1 Å². The molecule has 0 spiro atoms. The third-order valence-corrected chi connectivity index (χ3v) is 7.17. The number of halogens is 2. The second kappa shape index (κ2) is 10.7. The molecule has 0 radical (unpaired) electrons. The van der Waals surface area contributed by atoms with Gasteiger partial charge in [-0.3, -0.25) is 15.0 Å². The largest absolute Gasteiger partial charge is 0.490 e. The average molecular weight is 578 g/mol. The van der Waals surface area contributed by atoms with Gasteiger partial charge in [-0.05, 0) is 49.2 Å². The molecule has 200 valence electrons. The summed E-state index contributed by atoms with van der Waals surface area (Å²) in [6, 6.07) is 6.84. The lowest BCUT2D eigenvalue weighted by molar-refractivity contribution is -0.137. The maximum atomic E-state index is 15.3. The predicted octanol–water partition coefficient (Wildman–Crippen LogP) is 4.80. The zero-order chi connectivity index (χ0) is 26.4. The number of ketones is 1. The highest BCUT2D eigenvalue weighted by Crippen LogP contribution is 2.46. The van der Waals surface area contributed by atoms with E-state index in [1.165, 1.54) is 0 Å². The SMILES string of the molecule is Br.CCOc1cc2c(c(F)c1OCC)C(=N)N(CC(=O)c1ccc3c(c1)C(C)(C)C(CC(=O)O)N3C)C2. The van der Waals surface area contributed by atoms with Gasteiger partial charge >= 0.3 is 5.97 Å². The first-order chi connectivity index (χ1) is 17.0. The average Bonchev–Trinajstić information content (AvgIpc) is 3.22. The minimum Gasteiger partial charge on any atom is -0.490 e. The molecule has 2 N–H and O–H groups in total. The lowest BCUT2D eigenvalue weighted by atomic mass is 9.78. The van der Waals surface area contributed by atoms with Gasteiger partial charge in [-0.1, -0.05) is 13.8 Å². The molecule has 1 atom stereocenters. The summed E-state index contributed by atoms with van der Waals surface area (Å²) in [6.45, 7) is 8.23. The van der Waals surface area contributed by atoms with E-state index in [4.69, 9.17) is 14.9 Å². The van der Waals surface area contributed by atoms with Gasteiger partial charge < -0.3 is 24.4 Å². The summed E-state index contributed by atoms with van der Waals surface area (Å²) >= 11 is 0. The first kappa shape index (κ1) is 28.4. The molecule has 2 heterocycles. The number of anilines is 1. The highest BCUT2D eigenvalue weighted by molar-refractivity contribution is 8.93. The molecule has 2 aliphatic heterocycles. The van der Waals surface area contributed by atoms with Gasteiger partial charge in [0, 0.05) is 36.3 Å². The molecule has 1 unspecified atom stereocenters. The van der Waals surface area contributed by atoms with Crippen LogP contribution in [0.25, 0.3) is 0 Å². The third kappa shape index (κ3) is 4.91. The number of fused-ring (bicyclic) bond motifs is 2. The maximum Gasteiger partial charge on any atom is 0.305 e. The Bertz CT molecular complexity index is 1250. The Kier molecular flexibility index (Phi) is 8.21. The molecule has 10 heteroatoms. The molecule has 0 aliphatic carbocycles. The molecule has 0 fully saturated rings. The van der Waals surface area contributed by atoms with Gasteiger partial charge in [0.15, 0.2) is 23.1 Å². The van der Waals surface area contributed by atoms with E-state index in [0.717, 1.165) is 11.3 Å². The second-order valence-electron chi connectivity index (χ2n) is 9.72. The van der Waals surface area contributed by atoms with Crippen LogP contribution in [0.2, 0.25) is 0 Å². The van der Waals surface area contributed by atoms with E-state index >= 15 is 4.39 Å². The Balaban J connectivity index is 0.00000380. The molecule has 0 amide bonds. The summed E-state index contributed by atoms with van der Waals surface area (Å²) in [4.78, 5) is 28.2. The Hall–Kier alpha value is -3.14. The fourth-order valence-corrected chi connectivity index (χ4v) is 5.35. The van der Waals surface area contributed by atoms with Crippen molar-refractivity contribution in [2.24, 2.45) is 0 Å². The highest BCUT2D eigenvalue weighted by atomic mass is 79.9. The quantitative estimate of drug-likeness (QED) is 0.413. The van der Waals surface area contributed by atoms with Gasteiger partial charge in [0.2, 0.25) is 0 Å². The number of benzene rings is 2. The van der Waals surface area contributed by atoms with Crippen LogP contribution in [0.1, 0.15) is 61.2 Å². The van der Waals surface area contributed by atoms with Gasteiger partial charge in [-0.15, -0.1) is 17.0 Å². The fraction of sp³-hybridized carbons (Fsp3) is 0.444. The van der Waals surface area contributed by atoms with Crippen LogP contribution in [-0.4, -0.2) is 60.4 Å². The normalized spacial score (nSPS) is 17.2. The van der Waals surface area contributed by atoms with Crippen LogP contribution < -0.4 is 14.4 Å². The smallest absolute Gasteiger partial charge is 0.305 e. The minimum atomic E-state index is -0.872. The Labute approximate surface area is 226 Å². The first-order valence-corrected chi connectivity index (χ1v) is 12.1. The Morgan fingerprint density at radius 3 is 2.49 bits per heavy atom. The highest BCUT2D eigenvalue weighted by Gasteiger charge is 2.44. The number of hydrogen-bond donors (Lipinski definition) is 2. The van der Waals surface area contributed by atoms with E-state index in [9.17, 15) is 14.7 Å². The summed E-state index contributed by atoms with van der Waals surface area (Å²) in [5, 5.41) is 17.9. The molecule has 0 bridgehead atoms. The van der Waals surface area contributed by atoms with Gasteiger partial charge in [-0.25, -0.2) is 4.39 Å². The van der Waals surface area contributed by atoms with E-state index in [1.807, 2.05) is 37.9 Å². The molecule has 0 aromatic heterocycles. The number of Topliss-reactive ketones (excluding diaryl/α,β-unsaturated/α-hetero) is 1. The van der Waals surface area contributed by atoms with Crippen molar-refractivity contribution in [2.75, 3.05) is 31.7 Å². The second-order valence-corrected chi connectivity index (χ2v) is 9.72. The molecule has 2 aromatic rings. The summed E-state index contributed by atoms with van der Waals surface area (Å²) in [6.07, 6.45) is -0.0102. The van der Waals surface area contributed by atoms with Crippen molar-refractivity contribution < 1.29 is 28.6 Å². The minimum absolute atomic E-state index is 0. The lowest BCUT2D eigenvalue weighted by Crippen LogP contribution is -2.40. The van der Waals surface area contributed by atoms with Gasteiger partial charge in [0.05, 0.1) is 31.7 Å². The number of nitrogens with zero attached hydrogens (tertiary/aromatic N) is 2. The lowest BCUT2D eigenvalue weighted by Gasteiger charge is -2.31. The number of carboxylic acids is 1. The molecule has 37 heavy (non-hydrogen) atoms. The maximum absolute atomic E-state index is 15.3. The van der Waals surface area contributed by atoms with Crippen LogP contribution in [0, 0.1) is 11.2 Å². The van der Waals surface area contributed by atoms with Crippen LogP contribution in [0.3, 0.4) is 0 Å². The number of hydrogen-bond acceptors (Lipinski definition) is 6. The number of amidine groups is 1. The molecule has 8 nitrogen and oxygen atoms in total. The first-order valence-electron chi connectivity index (χ1n) is 12.1. The topological polar surface area (TPSA) is 103 Å². The number of nitrogens with one attached hydrogen (secondary N) is 1. The van der Waals surface area contributed by atoms with Crippen LogP contribution >= 0.6 is 17.0 Å². The molecule has 2 aliphatic rings. The number of carbonyl (C=O) groups is 2. The van der Waals surface area contributed by atoms with Crippen molar-refractivity contribution in [3.05, 3.63) is 52.3 Å². The number of carbonyl (C=O) groups excluding carboxylic acids is 1.